The first kappa shape index (κ1) is 15.6. The molecule has 0 N–H and O–H groups in total. The summed E-state index contributed by atoms with van der Waals surface area (Å²) < 4.78 is 50.7. The van der Waals surface area contributed by atoms with Crippen LogP contribution in [0.3, 0.4) is 0 Å². The van der Waals surface area contributed by atoms with E-state index in [0.29, 0.717) is 0 Å². The van der Waals surface area contributed by atoms with Gasteiger partial charge in [-0.25, -0.2) is 0 Å². The van der Waals surface area contributed by atoms with Crippen LogP contribution < -0.4 is 34.7 Å². The van der Waals surface area contributed by atoms with Crippen LogP contribution in [0.25, 0.3) is 0 Å². The Kier molecular flexibility index (Phi) is 6.17. The molecule has 0 saturated heterocycles. The zero-order chi connectivity index (χ0) is 9.99. The molecule has 0 radical (unpaired) electrons. The summed E-state index contributed by atoms with van der Waals surface area (Å²) in [5, 5.41) is 9.73. The number of alkyl halides is 4. The molecule has 0 aliphatic rings. The van der Waals surface area contributed by atoms with E-state index in [1.165, 1.54) is 0 Å². The summed E-state index contributed by atoms with van der Waals surface area (Å²) >= 11 is 0. The summed E-state index contributed by atoms with van der Waals surface area (Å²) in [4.78, 5) is 9.73. The average Bonchev–Trinajstić information content (AvgIpc) is 1.85. The molecule has 8 heteroatoms. The molecule has 0 aliphatic heterocycles. The molecular weight excluding hydrogens is 207 g/mol. The van der Waals surface area contributed by atoms with Crippen molar-refractivity contribution in [1.29, 1.82) is 0 Å². The minimum absolute atomic E-state index is 0. The van der Waals surface area contributed by atoms with Crippen molar-refractivity contribution < 1.29 is 61.8 Å². The van der Waals surface area contributed by atoms with Crippen molar-refractivity contribution in [2.75, 3.05) is 6.61 Å². The fraction of sp³-hybridized carbons (Fsp3) is 0.800. The smallest absolute Gasteiger partial charge is 0.544 e. The van der Waals surface area contributed by atoms with E-state index in [4.69, 9.17) is 0 Å². The van der Waals surface area contributed by atoms with Gasteiger partial charge in [0.25, 0.3) is 0 Å². The van der Waals surface area contributed by atoms with E-state index in [1.54, 1.807) is 0 Å². The van der Waals surface area contributed by atoms with Crippen molar-refractivity contribution in [2.24, 2.45) is 0 Å². The van der Waals surface area contributed by atoms with Gasteiger partial charge in [0, 0.05) is 6.61 Å². The maximum Gasteiger partial charge on any atom is 1.00 e. The van der Waals surface area contributed by atoms with Gasteiger partial charge in [0.05, 0.1) is 0 Å². The summed E-state index contributed by atoms with van der Waals surface area (Å²) in [6.45, 7) is 0.312. The molecule has 0 rings (SSSR count). The molecule has 0 bridgehead atoms. The van der Waals surface area contributed by atoms with Crippen LogP contribution in [0, 0.1) is 0 Å². The SMILES string of the molecule is CCOC(F)(C(=O)[O-])C(F)(F)F.[Na+]. The molecule has 0 aromatic heterocycles. The van der Waals surface area contributed by atoms with Crippen molar-refractivity contribution in [3.63, 3.8) is 0 Å². The van der Waals surface area contributed by atoms with E-state index in [-0.39, 0.29) is 29.6 Å². The Hall–Kier alpha value is 0.150. The van der Waals surface area contributed by atoms with Gasteiger partial charge in [0.2, 0.25) is 0 Å². The Morgan fingerprint density at radius 3 is 1.85 bits per heavy atom. The topological polar surface area (TPSA) is 49.4 Å². The largest absolute Gasteiger partial charge is 1.00 e. The predicted octanol–water partition coefficient (Wildman–Crippen LogP) is -3.00. The molecule has 0 aliphatic carbocycles. The third-order valence-corrected chi connectivity index (χ3v) is 0.970. The van der Waals surface area contributed by atoms with E-state index in [2.05, 4.69) is 4.74 Å². The number of carbonyl (C=O) groups excluding carboxylic acids is 1. The van der Waals surface area contributed by atoms with E-state index < -0.39 is 24.6 Å². The van der Waals surface area contributed by atoms with Crippen molar-refractivity contribution in [1.82, 2.24) is 0 Å². The van der Waals surface area contributed by atoms with Crippen LogP contribution in [0.1, 0.15) is 6.92 Å². The molecule has 0 spiro atoms. The maximum atomic E-state index is 12.4. The quantitative estimate of drug-likeness (QED) is 0.370. The van der Waals surface area contributed by atoms with Gasteiger partial charge in [0.1, 0.15) is 5.97 Å². The van der Waals surface area contributed by atoms with Gasteiger partial charge in [0.15, 0.2) is 0 Å². The monoisotopic (exact) mass is 212 g/mol. The van der Waals surface area contributed by atoms with Crippen molar-refractivity contribution in [3.8, 4) is 0 Å². The zero-order valence-electron chi connectivity index (χ0n) is 6.94. The summed E-state index contributed by atoms with van der Waals surface area (Å²) in [6.07, 6.45) is -5.62. The van der Waals surface area contributed by atoms with Gasteiger partial charge in [-0.1, -0.05) is 0 Å². The number of carboxylic acid groups (broad SMARTS) is 1. The number of hydrogen-bond donors (Lipinski definition) is 0. The molecule has 1 unspecified atom stereocenters. The Morgan fingerprint density at radius 2 is 1.77 bits per heavy atom. The number of halogens is 4. The van der Waals surface area contributed by atoms with E-state index in [9.17, 15) is 27.5 Å². The van der Waals surface area contributed by atoms with Gasteiger partial charge < -0.3 is 14.6 Å². The van der Waals surface area contributed by atoms with Gasteiger partial charge in [-0.05, 0) is 6.92 Å². The zero-order valence-corrected chi connectivity index (χ0v) is 8.94. The van der Waals surface area contributed by atoms with Gasteiger partial charge in [-0.15, -0.1) is 0 Å². The van der Waals surface area contributed by atoms with E-state index in [1.807, 2.05) is 0 Å². The summed E-state index contributed by atoms with van der Waals surface area (Å²) in [5.41, 5.74) is 0. The van der Waals surface area contributed by atoms with Crippen molar-refractivity contribution in [3.05, 3.63) is 0 Å². The summed E-state index contributed by atoms with van der Waals surface area (Å²) in [6, 6.07) is 0. The molecule has 0 saturated carbocycles. The fourth-order valence-corrected chi connectivity index (χ4v) is 0.455. The molecule has 1 atom stereocenters. The number of hydrogen-bond acceptors (Lipinski definition) is 3. The summed E-state index contributed by atoms with van der Waals surface area (Å²) in [7, 11) is 0. The number of ether oxygens (including phenoxy) is 1. The first-order valence-corrected chi connectivity index (χ1v) is 2.86. The Morgan fingerprint density at radius 1 is 1.38 bits per heavy atom. The molecule has 13 heavy (non-hydrogen) atoms. The second-order valence-corrected chi connectivity index (χ2v) is 1.81. The first-order valence-electron chi connectivity index (χ1n) is 2.86. The second-order valence-electron chi connectivity index (χ2n) is 1.81. The number of carbonyl (C=O) groups is 1. The van der Waals surface area contributed by atoms with Crippen molar-refractivity contribution >= 4 is 5.97 Å². The van der Waals surface area contributed by atoms with Gasteiger partial charge in [-0.3, -0.25) is 0 Å². The Bertz CT molecular complexity index is 183. The van der Waals surface area contributed by atoms with Crippen LogP contribution in [-0.2, 0) is 9.53 Å². The van der Waals surface area contributed by atoms with Crippen LogP contribution >= 0.6 is 0 Å². The van der Waals surface area contributed by atoms with Crippen molar-refractivity contribution in [2.45, 2.75) is 19.0 Å². The minimum atomic E-state index is -5.62. The summed E-state index contributed by atoms with van der Waals surface area (Å²) in [5.74, 6) is -7.65. The molecule has 0 heterocycles. The van der Waals surface area contributed by atoms with Gasteiger partial charge in [-0.2, -0.15) is 17.6 Å². The maximum absolute atomic E-state index is 12.4. The number of rotatable bonds is 3. The molecule has 0 fully saturated rings. The van der Waals surface area contributed by atoms with Crippen LogP contribution in [-0.4, -0.2) is 24.6 Å². The molecular formula is C5H5F4NaO3. The average molecular weight is 212 g/mol. The second kappa shape index (κ2) is 5.14. The Labute approximate surface area is 93.3 Å². The molecule has 3 nitrogen and oxygen atoms in total. The number of aliphatic carboxylic acids is 1. The molecule has 0 amide bonds. The number of carboxylic acids is 1. The van der Waals surface area contributed by atoms with Gasteiger partial charge >= 0.3 is 41.6 Å². The van der Waals surface area contributed by atoms with E-state index >= 15 is 0 Å². The third-order valence-electron chi connectivity index (χ3n) is 0.970. The van der Waals surface area contributed by atoms with Crippen LogP contribution in [0.2, 0.25) is 0 Å². The normalized spacial score (nSPS) is 15.8. The fourth-order valence-electron chi connectivity index (χ4n) is 0.455. The van der Waals surface area contributed by atoms with Crippen LogP contribution in [0.15, 0.2) is 0 Å². The molecule has 0 aromatic carbocycles. The third kappa shape index (κ3) is 3.41. The first-order chi connectivity index (χ1) is 5.25. The predicted molar refractivity (Wildman–Crippen MR) is 26.5 cm³/mol. The van der Waals surface area contributed by atoms with Crippen LogP contribution in [0.4, 0.5) is 17.6 Å². The molecule has 0 aromatic rings. The van der Waals surface area contributed by atoms with E-state index in [0.717, 1.165) is 6.92 Å². The standard InChI is InChI=1S/C5H6F4O3.Na/c1-2-12-4(6,3(10)11)5(7,8)9;/h2H2,1H3,(H,10,11);/q;+1/p-1. The minimum Gasteiger partial charge on any atom is -0.544 e. The Balaban J connectivity index is 0. The molecule has 72 valence electrons. The van der Waals surface area contributed by atoms with Crippen LogP contribution in [0.5, 0.6) is 0 Å².